The second kappa shape index (κ2) is 7.46. The molecule has 1 N–H and O–H groups in total. The average molecular weight is 322 g/mol. The van der Waals surface area contributed by atoms with Gasteiger partial charge in [0, 0.05) is 23.7 Å². The molecule has 1 aromatic heterocycles. The van der Waals surface area contributed by atoms with Crippen molar-refractivity contribution in [2.24, 2.45) is 0 Å². The van der Waals surface area contributed by atoms with Crippen LogP contribution in [0.2, 0.25) is 0 Å². The minimum Gasteiger partial charge on any atom is -0.496 e. The van der Waals surface area contributed by atoms with Crippen molar-refractivity contribution in [1.29, 1.82) is 0 Å². The van der Waals surface area contributed by atoms with Gasteiger partial charge in [-0.2, -0.15) is 0 Å². The zero-order valence-corrected chi connectivity index (χ0v) is 13.4. The number of aromatic nitrogens is 1. The molecule has 24 heavy (non-hydrogen) atoms. The lowest BCUT2D eigenvalue weighted by Gasteiger charge is -2.08. The maximum absolute atomic E-state index is 12.1. The Kier molecular flexibility index (Phi) is 4.91. The van der Waals surface area contributed by atoms with Crippen LogP contribution in [0.15, 0.2) is 65.2 Å². The third-order valence-corrected chi connectivity index (χ3v) is 3.63. The van der Waals surface area contributed by atoms with Crippen LogP contribution in [-0.2, 0) is 17.8 Å². The van der Waals surface area contributed by atoms with Crippen molar-refractivity contribution in [3.63, 3.8) is 0 Å². The van der Waals surface area contributed by atoms with Crippen LogP contribution in [0.25, 0.3) is 11.3 Å². The second-order valence-electron chi connectivity index (χ2n) is 5.31. The summed E-state index contributed by atoms with van der Waals surface area (Å²) in [6.45, 7) is 0.409. The fourth-order valence-electron chi connectivity index (χ4n) is 2.40. The first-order valence-corrected chi connectivity index (χ1v) is 7.66. The van der Waals surface area contributed by atoms with Gasteiger partial charge in [0.05, 0.1) is 19.2 Å². The fraction of sp³-hybridized carbons (Fsp3) is 0.158. The SMILES string of the molecule is COc1ccccc1CNC(=O)Cc1cc(-c2ccccc2)on1. The Morgan fingerprint density at radius 2 is 1.88 bits per heavy atom. The number of nitrogens with one attached hydrogen (secondary N) is 1. The van der Waals surface area contributed by atoms with Gasteiger partial charge < -0.3 is 14.6 Å². The predicted molar refractivity (Wildman–Crippen MR) is 90.5 cm³/mol. The van der Waals surface area contributed by atoms with E-state index in [2.05, 4.69) is 10.5 Å². The molecule has 3 aromatic rings. The summed E-state index contributed by atoms with van der Waals surface area (Å²) in [6, 6.07) is 19.0. The molecular formula is C19H18N2O3. The normalized spacial score (nSPS) is 10.4. The molecule has 3 rings (SSSR count). The molecule has 0 saturated heterocycles. The van der Waals surface area contributed by atoms with E-state index >= 15 is 0 Å². The Hall–Kier alpha value is -3.08. The first kappa shape index (κ1) is 15.8. The summed E-state index contributed by atoms with van der Waals surface area (Å²) in [5.41, 5.74) is 2.47. The van der Waals surface area contributed by atoms with Crippen molar-refractivity contribution in [1.82, 2.24) is 10.5 Å². The minimum atomic E-state index is -0.117. The Morgan fingerprint density at radius 3 is 2.67 bits per heavy atom. The first-order valence-electron chi connectivity index (χ1n) is 7.66. The number of ether oxygens (including phenoxy) is 1. The molecule has 0 bridgehead atoms. The third kappa shape index (κ3) is 3.81. The number of methoxy groups -OCH3 is 1. The van der Waals surface area contributed by atoms with Crippen molar-refractivity contribution >= 4 is 5.91 Å². The molecule has 0 radical (unpaired) electrons. The highest BCUT2D eigenvalue weighted by molar-refractivity contribution is 5.78. The molecule has 1 heterocycles. The van der Waals surface area contributed by atoms with Crippen LogP contribution >= 0.6 is 0 Å². The summed E-state index contributed by atoms with van der Waals surface area (Å²) in [6.07, 6.45) is 0.172. The van der Waals surface area contributed by atoms with E-state index in [4.69, 9.17) is 9.26 Å². The fourth-order valence-corrected chi connectivity index (χ4v) is 2.40. The van der Waals surface area contributed by atoms with Crippen LogP contribution in [0.3, 0.4) is 0 Å². The second-order valence-corrected chi connectivity index (χ2v) is 5.31. The van der Waals surface area contributed by atoms with E-state index in [0.29, 0.717) is 18.0 Å². The Labute approximate surface area is 140 Å². The van der Waals surface area contributed by atoms with E-state index in [1.807, 2.05) is 54.6 Å². The highest BCUT2D eigenvalue weighted by Crippen LogP contribution is 2.20. The summed E-state index contributed by atoms with van der Waals surface area (Å²) >= 11 is 0. The first-order chi connectivity index (χ1) is 11.8. The number of carbonyl (C=O) groups excluding carboxylic acids is 1. The molecule has 1 amide bonds. The average Bonchev–Trinajstić information content (AvgIpc) is 3.09. The van der Waals surface area contributed by atoms with Crippen LogP contribution < -0.4 is 10.1 Å². The molecule has 0 aliphatic heterocycles. The lowest BCUT2D eigenvalue weighted by atomic mass is 10.1. The van der Waals surface area contributed by atoms with Gasteiger partial charge in [0.15, 0.2) is 5.76 Å². The minimum absolute atomic E-state index is 0.117. The van der Waals surface area contributed by atoms with E-state index in [0.717, 1.165) is 16.9 Å². The molecule has 0 aliphatic rings. The molecule has 0 fully saturated rings. The number of hydrogen-bond acceptors (Lipinski definition) is 4. The van der Waals surface area contributed by atoms with Crippen molar-refractivity contribution in [2.75, 3.05) is 7.11 Å². The number of benzene rings is 2. The summed E-state index contributed by atoms with van der Waals surface area (Å²) in [5.74, 6) is 1.29. The Balaban J connectivity index is 1.58. The topological polar surface area (TPSA) is 64.4 Å². The van der Waals surface area contributed by atoms with E-state index in [1.54, 1.807) is 13.2 Å². The summed E-state index contributed by atoms with van der Waals surface area (Å²) in [5, 5.41) is 6.83. The lowest BCUT2D eigenvalue weighted by Crippen LogP contribution is -2.24. The maximum atomic E-state index is 12.1. The summed E-state index contributed by atoms with van der Waals surface area (Å²) < 4.78 is 10.6. The molecule has 0 unspecified atom stereocenters. The van der Waals surface area contributed by atoms with E-state index in [1.165, 1.54) is 0 Å². The van der Waals surface area contributed by atoms with Gasteiger partial charge in [0.2, 0.25) is 5.91 Å². The van der Waals surface area contributed by atoms with Gasteiger partial charge in [0.25, 0.3) is 0 Å². The number of hydrogen-bond donors (Lipinski definition) is 1. The zero-order valence-electron chi connectivity index (χ0n) is 13.4. The lowest BCUT2D eigenvalue weighted by molar-refractivity contribution is -0.120. The molecule has 0 saturated carbocycles. The quantitative estimate of drug-likeness (QED) is 0.757. The molecule has 5 nitrogen and oxygen atoms in total. The number of nitrogens with zero attached hydrogens (tertiary/aromatic N) is 1. The van der Waals surface area contributed by atoms with E-state index in [-0.39, 0.29) is 12.3 Å². The maximum Gasteiger partial charge on any atom is 0.226 e. The highest BCUT2D eigenvalue weighted by atomic mass is 16.5. The van der Waals surface area contributed by atoms with Crippen molar-refractivity contribution in [3.05, 3.63) is 71.9 Å². The van der Waals surface area contributed by atoms with Crippen LogP contribution in [-0.4, -0.2) is 18.2 Å². The molecular weight excluding hydrogens is 304 g/mol. The zero-order chi connectivity index (χ0) is 16.8. The van der Waals surface area contributed by atoms with E-state index in [9.17, 15) is 4.79 Å². The highest BCUT2D eigenvalue weighted by Gasteiger charge is 2.11. The molecule has 5 heteroatoms. The van der Waals surface area contributed by atoms with Gasteiger partial charge in [-0.3, -0.25) is 4.79 Å². The number of rotatable bonds is 6. The van der Waals surface area contributed by atoms with Crippen molar-refractivity contribution < 1.29 is 14.1 Å². The Morgan fingerprint density at radius 1 is 1.12 bits per heavy atom. The van der Waals surface area contributed by atoms with Gasteiger partial charge in [0.1, 0.15) is 5.75 Å². The summed E-state index contributed by atoms with van der Waals surface area (Å²) in [4.78, 5) is 12.1. The van der Waals surface area contributed by atoms with Crippen molar-refractivity contribution in [3.8, 4) is 17.1 Å². The predicted octanol–water partition coefficient (Wildman–Crippen LogP) is 3.21. The van der Waals surface area contributed by atoms with Crippen LogP contribution in [0.1, 0.15) is 11.3 Å². The van der Waals surface area contributed by atoms with Crippen LogP contribution in [0.5, 0.6) is 5.75 Å². The molecule has 122 valence electrons. The molecule has 0 aliphatic carbocycles. The smallest absolute Gasteiger partial charge is 0.226 e. The third-order valence-electron chi connectivity index (χ3n) is 3.63. The number of para-hydroxylation sites is 1. The van der Waals surface area contributed by atoms with Gasteiger partial charge in [-0.1, -0.05) is 53.7 Å². The van der Waals surface area contributed by atoms with Crippen LogP contribution in [0.4, 0.5) is 0 Å². The van der Waals surface area contributed by atoms with E-state index < -0.39 is 0 Å². The number of carbonyl (C=O) groups is 1. The largest absolute Gasteiger partial charge is 0.496 e. The molecule has 0 atom stereocenters. The Bertz CT molecular complexity index is 812. The monoisotopic (exact) mass is 322 g/mol. The number of amides is 1. The van der Waals surface area contributed by atoms with Gasteiger partial charge in [-0.25, -0.2) is 0 Å². The van der Waals surface area contributed by atoms with Gasteiger partial charge in [-0.05, 0) is 6.07 Å². The van der Waals surface area contributed by atoms with Gasteiger partial charge >= 0.3 is 0 Å². The van der Waals surface area contributed by atoms with Crippen LogP contribution in [0, 0.1) is 0 Å². The summed E-state index contributed by atoms with van der Waals surface area (Å²) in [7, 11) is 1.61. The van der Waals surface area contributed by atoms with Crippen molar-refractivity contribution in [2.45, 2.75) is 13.0 Å². The molecule has 2 aromatic carbocycles. The standard InChI is InChI=1S/C19H18N2O3/c1-23-17-10-6-5-9-15(17)13-20-19(22)12-16-11-18(24-21-16)14-7-3-2-4-8-14/h2-11H,12-13H2,1H3,(H,20,22). The van der Waals surface area contributed by atoms with Gasteiger partial charge in [-0.15, -0.1) is 0 Å². The molecule has 0 spiro atoms.